The van der Waals surface area contributed by atoms with Crippen molar-refractivity contribution in [1.29, 1.82) is 0 Å². The lowest BCUT2D eigenvalue weighted by Gasteiger charge is -2.03. The molecule has 0 aromatic carbocycles. The molecule has 0 aliphatic heterocycles. The summed E-state index contributed by atoms with van der Waals surface area (Å²) in [5.41, 5.74) is 0. The van der Waals surface area contributed by atoms with Crippen LogP contribution in [0.4, 0.5) is 0 Å². The van der Waals surface area contributed by atoms with E-state index in [0.29, 0.717) is 0 Å². The maximum absolute atomic E-state index is 8.60. The topological polar surface area (TPSA) is 89.4 Å². The van der Waals surface area contributed by atoms with E-state index in [4.69, 9.17) is 18.6 Å². The average molecular weight is 130 g/mol. The predicted octanol–water partition coefficient (Wildman–Crippen LogP) is -5.31. The molecule has 0 rings (SSSR count). The van der Waals surface area contributed by atoms with Crippen molar-refractivity contribution in [1.82, 2.24) is 0 Å². The van der Waals surface area contributed by atoms with Gasteiger partial charge in [-0.1, -0.05) is 0 Å². The zero-order chi connectivity index (χ0) is 4.50. The minimum absolute atomic E-state index is 0. The summed E-state index contributed by atoms with van der Waals surface area (Å²) in [4.78, 5) is 0. The Morgan fingerprint density at radius 3 is 1.17 bits per heavy atom. The minimum Gasteiger partial charge on any atom is -0.183 e. The highest BCUT2D eigenvalue weighted by molar-refractivity contribution is 5.75. The normalized spacial score (nSPS) is 10.0. The van der Waals surface area contributed by atoms with E-state index in [1.807, 2.05) is 0 Å². The molecule has 0 amide bonds. The van der Waals surface area contributed by atoms with Crippen molar-refractivity contribution < 1.29 is 28.9 Å². The van der Waals surface area contributed by atoms with E-state index >= 15 is 0 Å². The molecule has 0 radical (unpaired) electrons. The van der Waals surface area contributed by atoms with Gasteiger partial charge in [0.1, 0.15) is 0 Å². The molecule has 0 bridgehead atoms. The van der Waals surface area contributed by atoms with Crippen LogP contribution in [0, 0.1) is 10.2 Å². The fraction of sp³-hybridized carbons (Fsp3) is 0. The standard InChI is InChI=1S/Al.ClHO4.3H/c;2-1(3,4)5;;;/h;(H,2,3,4,5);;;. The Hall–Kier alpha value is 0.662. The first-order valence-corrected chi connectivity index (χ1v) is 1.90. The van der Waals surface area contributed by atoms with Gasteiger partial charge in [-0.2, -0.15) is 14.0 Å². The second-order valence-corrected chi connectivity index (χ2v) is 1.19. The second-order valence-electron chi connectivity index (χ2n) is 0.396. The molecular weight excluding hydrogens is 126 g/mol. The molecule has 6 heavy (non-hydrogen) atoms. The number of hydrogen-bond donors (Lipinski definition) is 1. The Bertz CT molecular complexity index is 23.0. The van der Waals surface area contributed by atoms with Crippen LogP contribution in [0.25, 0.3) is 0 Å². The maximum Gasteiger partial charge on any atom is 0.187 e. The lowest BCUT2D eigenvalue weighted by Crippen LogP contribution is -2.58. The number of rotatable bonds is 0. The molecule has 0 unspecified atom stereocenters. The zero-order valence-corrected chi connectivity index (χ0v) is 2.81. The third kappa shape index (κ3) is 143. The zero-order valence-electron chi connectivity index (χ0n) is 2.05. The van der Waals surface area contributed by atoms with E-state index in [1.54, 1.807) is 0 Å². The third-order valence-electron chi connectivity index (χ3n) is 0. The van der Waals surface area contributed by atoms with Crippen LogP contribution in [-0.2, 0) is 0 Å². The summed E-state index contributed by atoms with van der Waals surface area (Å²) in [5.74, 6) is 0. The van der Waals surface area contributed by atoms with Crippen LogP contribution in [0.5, 0.6) is 0 Å². The molecule has 6 heteroatoms. The highest BCUT2D eigenvalue weighted by Crippen LogP contribution is 1.60. The Labute approximate surface area is 46.9 Å². The van der Waals surface area contributed by atoms with Gasteiger partial charge < -0.3 is 0 Å². The molecule has 0 aromatic heterocycles. The van der Waals surface area contributed by atoms with Crippen LogP contribution < -0.4 is 14.0 Å². The van der Waals surface area contributed by atoms with E-state index in [-0.39, 0.29) is 17.4 Å². The van der Waals surface area contributed by atoms with Gasteiger partial charge in [0.25, 0.3) is 0 Å². The summed E-state index contributed by atoms with van der Waals surface area (Å²) in [6, 6.07) is 0. The molecule has 0 heterocycles. The molecule has 0 aromatic rings. The van der Waals surface area contributed by atoms with Crippen LogP contribution in [0.1, 0.15) is 0 Å². The smallest absolute Gasteiger partial charge is 0.183 e. The van der Waals surface area contributed by atoms with E-state index < -0.39 is 10.2 Å². The summed E-state index contributed by atoms with van der Waals surface area (Å²) in [7, 11) is -4.69. The monoisotopic (exact) mass is 130 g/mol. The van der Waals surface area contributed by atoms with E-state index in [1.165, 1.54) is 0 Å². The average Bonchev–Trinajstić information content (AvgIpc) is 0.722. The molecule has 0 fully saturated rings. The Kier molecular flexibility index (Phi) is 4.54. The van der Waals surface area contributed by atoms with Crippen LogP contribution >= 0.6 is 0 Å². The first kappa shape index (κ1) is 9.83. The highest BCUT2D eigenvalue weighted by atomic mass is 35.7. The van der Waals surface area contributed by atoms with Gasteiger partial charge in [-0.15, -0.1) is 0 Å². The van der Waals surface area contributed by atoms with Gasteiger partial charge in [0.2, 0.25) is 0 Å². The Morgan fingerprint density at radius 1 is 1.17 bits per heavy atom. The lowest BCUT2D eigenvalue weighted by molar-refractivity contribution is -1.92. The van der Waals surface area contributed by atoms with Gasteiger partial charge in [0.15, 0.2) is 17.4 Å². The summed E-state index contributed by atoms with van der Waals surface area (Å²) in [6.07, 6.45) is 0. The predicted molar refractivity (Wildman–Crippen MR) is 12.2 cm³/mol. The number of halogens is 1. The molecule has 1 N–H and O–H groups in total. The molecule has 0 aliphatic carbocycles. The molecule has 0 saturated heterocycles. The molecule has 38 valence electrons. The Morgan fingerprint density at radius 2 is 1.17 bits per heavy atom. The van der Waals surface area contributed by atoms with Crippen molar-refractivity contribution in [3.8, 4) is 0 Å². The Balaban J connectivity index is 0. The van der Waals surface area contributed by atoms with Gasteiger partial charge in [0, 0.05) is 0 Å². The minimum atomic E-state index is -4.69. The summed E-state index contributed by atoms with van der Waals surface area (Å²) >= 11 is 0. The summed E-state index contributed by atoms with van der Waals surface area (Å²) in [6.45, 7) is 0. The van der Waals surface area contributed by atoms with Crippen LogP contribution in [0.2, 0.25) is 0 Å². The fourth-order valence-electron chi connectivity index (χ4n) is 0. The SMILES string of the molecule is [AlH3].[O-][Cl+3]([O-])([O-])O. The van der Waals surface area contributed by atoms with Gasteiger partial charge >= 0.3 is 0 Å². The van der Waals surface area contributed by atoms with E-state index in [9.17, 15) is 0 Å². The highest BCUT2D eigenvalue weighted by Gasteiger charge is 1.98. The summed E-state index contributed by atoms with van der Waals surface area (Å²) < 4.78 is 32.7. The van der Waals surface area contributed by atoms with E-state index in [0.717, 1.165) is 0 Å². The van der Waals surface area contributed by atoms with Crippen LogP contribution in [0.15, 0.2) is 0 Å². The molecule has 0 saturated carbocycles. The lowest BCUT2D eigenvalue weighted by atomic mass is 15.8. The molecule has 0 aliphatic rings. The van der Waals surface area contributed by atoms with Crippen molar-refractivity contribution in [2.45, 2.75) is 0 Å². The van der Waals surface area contributed by atoms with Crippen LogP contribution in [0.3, 0.4) is 0 Å². The van der Waals surface area contributed by atoms with Gasteiger partial charge in [-0.3, -0.25) is 0 Å². The third-order valence-corrected chi connectivity index (χ3v) is 0. The summed E-state index contributed by atoms with van der Waals surface area (Å²) in [5, 5.41) is 0. The van der Waals surface area contributed by atoms with Gasteiger partial charge in [-0.05, 0) is 0 Å². The largest absolute Gasteiger partial charge is 0.187 e. The first-order chi connectivity index (χ1) is 2.00. The first-order valence-electron chi connectivity index (χ1n) is 0.632. The second kappa shape index (κ2) is 2.77. The quantitative estimate of drug-likeness (QED) is 0.332. The maximum atomic E-state index is 8.60. The molecule has 0 atom stereocenters. The fourth-order valence-corrected chi connectivity index (χ4v) is 0. The van der Waals surface area contributed by atoms with Crippen molar-refractivity contribution in [2.24, 2.45) is 0 Å². The van der Waals surface area contributed by atoms with Crippen molar-refractivity contribution in [3.63, 3.8) is 0 Å². The van der Waals surface area contributed by atoms with Gasteiger partial charge in [0.05, 0.1) is 14.9 Å². The van der Waals surface area contributed by atoms with E-state index in [2.05, 4.69) is 0 Å². The van der Waals surface area contributed by atoms with Crippen molar-refractivity contribution in [2.75, 3.05) is 0 Å². The molecule has 4 nitrogen and oxygen atoms in total. The van der Waals surface area contributed by atoms with Crippen molar-refractivity contribution >= 4 is 17.4 Å². The van der Waals surface area contributed by atoms with Gasteiger partial charge in [-0.25, -0.2) is 0 Å². The molecule has 0 spiro atoms. The van der Waals surface area contributed by atoms with Crippen molar-refractivity contribution in [3.05, 3.63) is 0 Å². The molecular formula is H4AlClO4. The van der Waals surface area contributed by atoms with Crippen LogP contribution in [-0.4, -0.2) is 22.0 Å². The number of hydrogen-bond acceptors (Lipinski definition) is 4.